The van der Waals surface area contributed by atoms with Gasteiger partial charge in [-0.1, -0.05) is 42.8 Å². The van der Waals surface area contributed by atoms with Gasteiger partial charge in [0.2, 0.25) is 15.2 Å². The summed E-state index contributed by atoms with van der Waals surface area (Å²) in [4.78, 5) is 4.85. The predicted molar refractivity (Wildman–Crippen MR) is 127 cm³/mol. The Bertz CT molecular complexity index is 1170. The van der Waals surface area contributed by atoms with Crippen LogP contribution in [0.3, 0.4) is 0 Å². The van der Waals surface area contributed by atoms with E-state index < -0.39 is 10.0 Å². The molecule has 1 aliphatic rings. The molecule has 0 atom stereocenters. The van der Waals surface area contributed by atoms with Crippen LogP contribution in [0.25, 0.3) is 11.3 Å². The van der Waals surface area contributed by atoms with Crippen LogP contribution in [-0.2, 0) is 10.0 Å². The summed E-state index contributed by atoms with van der Waals surface area (Å²) < 4.78 is 27.3. The van der Waals surface area contributed by atoms with Crippen molar-refractivity contribution in [2.24, 2.45) is 11.0 Å². The van der Waals surface area contributed by atoms with Gasteiger partial charge in [-0.2, -0.15) is 9.41 Å². The Morgan fingerprint density at radius 1 is 1.19 bits per heavy atom. The third-order valence-corrected chi connectivity index (χ3v) is 8.15. The molecule has 0 aliphatic carbocycles. The Morgan fingerprint density at radius 2 is 1.94 bits per heavy atom. The zero-order valence-corrected chi connectivity index (χ0v) is 19.4. The van der Waals surface area contributed by atoms with Crippen molar-refractivity contribution >= 4 is 44.3 Å². The molecule has 0 radical (unpaired) electrons. The molecule has 4 rings (SSSR count). The lowest BCUT2D eigenvalue weighted by molar-refractivity contribution is 0.288. The average Bonchev–Trinajstić information content (AvgIpc) is 3.23. The second-order valence-corrected chi connectivity index (χ2v) is 10.8. The highest BCUT2D eigenvalue weighted by atomic mass is 35.5. The molecular formula is C22H23ClN4O2S2. The summed E-state index contributed by atoms with van der Waals surface area (Å²) in [6, 6.07) is 14.3. The van der Waals surface area contributed by atoms with Crippen LogP contribution in [-0.4, -0.2) is 37.0 Å². The van der Waals surface area contributed by atoms with E-state index in [0.29, 0.717) is 34.1 Å². The second kappa shape index (κ2) is 9.48. The molecule has 0 saturated carbocycles. The first-order chi connectivity index (χ1) is 14.9. The molecule has 6 nitrogen and oxygen atoms in total. The van der Waals surface area contributed by atoms with Crippen molar-refractivity contribution in [3.63, 3.8) is 0 Å². The van der Waals surface area contributed by atoms with E-state index in [2.05, 4.69) is 22.4 Å². The zero-order chi connectivity index (χ0) is 21.8. The number of nitrogens with zero attached hydrogens (tertiary/aromatic N) is 3. The van der Waals surface area contributed by atoms with Crippen LogP contribution in [0.5, 0.6) is 0 Å². The molecule has 2 heterocycles. The van der Waals surface area contributed by atoms with Gasteiger partial charge >= 0.3 is 0 Å². The van der Waals surface area contributed by atoms with Crippen LogP contribution in [0.15, 0.2) is 63.9 Å². The van der Waals surface area contributed by atoms with Crippen molar-refractivity contribution in [3.05, 3.63) is 64.5 Å². The Balaban J connectivity index is 1.42. The van der Waals surface area contributed by atoms with Gasteiger partial charge < -0.3 is 0 Å². The monoisotopic (exact) mass is 474 g/mol. The van der Waals surface area contributed by atoms with Gasteiger partial charge in [-0.25, -0.2) is 13.4 Å². The maximum absolute atomic E-state index is 12.9. The molecule has 1 saturated heterocycles. The van der Waals surface area contributed by atoms with Crippen molar-refractivity contribution in [2.45, 2.75) is 24.7 Å². The number of nitrogens with one attached hydrogen (secondary N) is 1. The maximum Gasteiger partial charge on any atom is 0.243 e. The highest BCUT2D eigenvalue weighted by molar-refractivity contribution is 7.89. The van der Waals surface area contributed by atoms with E-state index in [-0.39, 0.29) is 0 Å². The molecule has 1 aromatic heterocycles. The van der Waals surface area contributed by atoms with Crippen LogP contribution < -0.4 is 5.43 Å². The summed E-state index contributed by atoms with van der Waals surface area (Å²) >= 11 is 7.40. The molecule has 3 aromatic rings. The zero-order valence-electron chi connectivity index (χ0n) is 17.0. The van der Waals surface area contributed by atoms with Crippen LogP contribution in [0, 0.1) is 5.92 Å². The Labute approximate surface area is 191 Å². The molecule has 0 bridgehead atoms. The number of benzene rings is 2. The maximum atomic E-state index is 12.9. The molecule has 0 amide bonds. The van der Waals surface area contributed by atoms with E-state index in [9.17, 15) is 8.42 Å². The second-order valence-electron chi connectivity index (χ2n) is 7.57. The summed E-state index contributed by atoms with van der Waals surface area (Å²) in [6.45, 7) is 3.34. The van der Waals surface area contributed by atoms with Gasteiger partial charge in [0.25, 0.3) is 0 Å². The minimum Gasteiger partial charge on any atom is -0.253 e. The number of aromatic nitrogens is 1. The van der Waals surface area contributed by atoms with Crippen LogP contribution >= 0.6 is 22.9 Å². The molecule has 0 unspecified atom stereocenters. The van der Waals surface area contributed by atoms with Crippen LogP contribution in [0.1, 0.15) is 25.3 Å². The highest BCUT2D eigenvalue weighted by Gasteiger charge is 2.27. The molecule has 31 heavy (non-hydrogen) atoms. The molecule has 162 valence electrons. The van der Waals surface area contributed by atoms with E-state index in [1.165, 1.54) is 11.3 Å². The third kappa shape index (κ3) is 5.33. The number of hydrogen-bond donors (Lipinski definition) is 1. The number of anilines is 1. The molecule has 1 aliphatic heterocycles. The number of sulfonamides is 1. The topological polar surface area (TPSA) is 74.7 Å². The fourth-order valence-electron chi connectivity index (χ4n) is 3.38. The predicted octanol–water partition coefficient (Wildman–Crippen LogP) is 5.33. The van der Waals surface area contributed by atoms with Crippen molar-refractivity contribution in [1.82, 2.24) is 9.29 Å². The van der Waals surface area contributed by atoms with Gasteiger partial charge in [0.05, 0.1) is 16.8 Å². The van der Waals surface area contributed by atoms with Crippen molar-refractivity contribution in [2.75, 3.05) is 18.5 Å². The molecular weight excluding hydrogens is 452 g/mol. The van der Waals surface area contributed by atoms with Gasteiger partial charge in [0.1, 0.15) is 0 Å². The van der Waals surface area contributed by atoms with Crippen LogP contribution in [0.4, 0.5) is 5.13 Å². The summed E-state index contributed by atoms with van der Waals surface area (Å²) in [6.07, 6.45) is 3.49. The molecule has 2 aromatic carbocycles. The summed E-state index contributed by atoms with van der Waals surface area (Å²) in [5.41, 5.74) is 5.42. The fourth-order valence-corrected chi connectivity index (χ4v) is 5.72. The van der Waals surface area contributed by atoms with Crippen LogP contribution in [0.2, 0.25) is 5.02 Å². The highest BCUT2D eigenvalue weighted by Crippen LogP contribution is 2.28. The Morgan fingerprint density at radius 3 is 2.65 bits per heavy atom. The van der Waals surface area contributed by atoms with Crippen molar-refractivity contribution in [3.8, 4) is 11.3 Å². The number of thiazole rings is 1. The number of hydrazone groups is 1. The van der Waals surface area contributed by atoms with E-state index in [1.807, 2.05) is 29.6 Å². The molecule has 9 heteroatoms. The molecule has 1 fully saturated rings. The van der Waals surface area contributed by atoms with Gasteiger partial charge in [0.15, 0.2) is 0 Å². The average molecular weight is 475 g/mol. The number of rotatable bonds is 6. The molecule has 1 N–H and O–H groups in total. The number of hydrogen-bond acceptors (Lipinski definition) is 6. The van der Waals surface area contributed by atoms with E-state index in [0.717, 1.165) is 29.7 Å². The van der Waals surface area contributed by atoms with Crippen molar-refractivity contribution in [1.29, 1.82) is 0 Å². The van der Waals surface area contributed by atoms with Gasteiger partial charge in [-0.3, -0.25) is 5.43 Å². The normalized spacial score (nSPS) is 16.1. The first-order valence-corrected chi connectivity index (χ1v) is 12.7. The largest absolute Gasteiger partial charge is 0.253 e. The van der Waals surface area contributed by atoms with E-state index in [1.54, 1.807) is 34.8 Å². The first-order valence-electron chi connectivity index (χ1n) is 10.0. The smallest absolute Gasteiger partial charge is 0.243 e. The fraction of sp³-hybridized carbons (Fsp3) is 0.273. The lowest BCUT2D eigenvalue weighted by atomic mass is 10.0. The SMILES string of the molecule is CC1CCN(S(=O)(=O)c2ccc(-c3csc(N/N=C\c4cccc(Cl)c4)n3)cc2)CC1. The Kier molecular flexibility index (Phi) is 6.71. The summed E-state index contributed by atoms with van der Waals surface area (Å²) in [5.74, 6) is 0.580. The summed E-state index contributed by atoms with van der Waals surface area (Å²) in [7, 11) is -3.45. The lowest BCUT2D eigenvalue weighted by Gasteiger charge is -2.29. The Hall–Kier alpha value is -2.26. The third-order valence-electron chi connectivity index (χ3n) is 5.26. The van der Waals surface area contributed by atoms with E-state index >= 15 is 0 Å². The van der Waals surface area contributed by atoms with Gasteiger partial charge in [-0.05, 0) is 48.6 Å². The standard InChI is InChI=1S/C22H23ClN4O2S2/c1-16-9-11-27(12-10-16)31(28,29)20-7-5-18(6-8-20)21-15-30-22(25-21)26-24-14-17-3-2-4-19(23)13-17/h2-8,13-16H,9-12H2,1H3,(H,25,26)/b24-14-. The number of halogens is 1. The summed E-state index contributed by atoms with van der Waals surface area (Å²) in [5, 5.41) is 7.40. The molecule has 0 spiro atoms. The number of piperidine rings is 1. The van der Waals surface area contributed by atoms with Gasteiger partial charge in [0, 0.05) is 29.1 Å². The van der Waals surface area contributed by atoms with Gasteiger partial charge in [-0.15, -0.1) is 11.3 Å². The minimum atomic E-state index is -3.45. The minimum absolute atomic E-state index is 0.325. The first kappa shape index (κ1) is 22.0. The van der Waals surface area contributed by atoms with Crippen molar-refractivity contribution < 1.29 is 8.42 Å². The van der Waals surface area contributed by atoms with E-state index in [4.69, 9.17) is 11.6 Å². The lowest BCUT2D eigenvalue weighted by Crippen LogP contribution is -2.37. The quantitative estimate of drug-likeness (QED) is 0.387.